The van der Waals surface area contributed by atoms with E-state index in [1.54, 1.807) is 12.0 Å². The van der Waals surface area contributed by atoms with E-state index in [-0.39, 0.29) is 5.91 Å². The predicted molar refractivity (Wildman–Crippen MR) is 111 cm³/mol. The molecule has 1 fully saturated rings. The van der Waals surface area contributed by atoms with Crippen molar-refractivity contribution >= 4 is 46.0 Å². The maximum Gasteiger partial charge on any atom is 0.270 e. The Kier molecular flexibility index (Phi) is 5.64. The molecule has 0 N–H and O–H groups in total. The van der Waals surface area contributed by atoms with Gasteiger partial charge in [0.15, 0.2) is 15.8 Å². The Morgan fingerprint density at radius 1 is 1.19 bits per heavy atom. The fourth-order valence-corrected chi connectivity index (χ4v) is 4.01. The minimum atomic E-state index is -0.125. The van der Waals surface area contributed by atoms with Crippen molar-refractivity contribution in [2.75, 3.05) is 18.6 Å². The van der Waals surface area contributed by atoms with Crippen LogP contribution in [-0.2, 0) is 4.79 Å². The highest BCUT2D eigenvalue weighted by atomic mass is 32.2. The molecular weight excluding hydrogens is 366 g/mol. The Morgan fingerprint density at radius 3 is 2.65 bits per heavy atom. The van der Waals surface area contributed by atoms with Crippen LogP contribution >= 0.6 is 24.0 Å². The van der Waals surface area contributed by atoms with Gasteiger partial charge < -0.3 is 9.47 Å². The Labute approximate surface area is 162 Å². The van der Waals surface area contributed by atoms with Crippen molar-refractivity contribution < 1.29 is 14.3 Å². The van der Waals surface area contributed by atoms with Crippen LogP contribution in [0.1, 0.15) is 18.1 Å². The van der Waals surface area contributed by atoms with Gasteiger partial charge in [0, 0.05) is 5.56 Å². The third-order valence-electron chi connectivity index (χ3n) is 3.95. The second kappa shape index (κ2) is 7.93. The van der Waals surface area contributed by atoms with Crippen LogP contribution in [0.25, 0.3) is 6.08 Å². The van der Waals surface area contributed by atoms with Gasteiger partial charge in [0.2, 0.25) is 0 Å². The highest BCUT2D eigenvalue weighted by molar-refractivity contribution is 8.27. The lowest BCUT2D eigenvalue weighted by atomic mass is 10.1. The Hall–Kier alpha value is -2.31. The second-order valence-corrected chi connectivity index (χ2v) is 7.29. The maximum absolute atomic E-state index is 13.0. The Morgan fingerprint density at radius 2 is 1.96 bits per heavy atom. The van der Waals surface area contributed by atoms with Crippen LogP contribution < -0.4 is 14.4 Å². The molecule has 4 nitrogen and oxygen atoms in total. The van der Waals surface area contributed by atoms with Gasteiger partial charge in [0.05, 0.1) is 24.3 Å². The summed E-state index contributed by atoms with van der Waals surface area (Å²) in [6, 6.07) is 13.3. The molecule has 3 rings (SSSR count). The van der Waals surface area contributed by atoms with Crippen LogP contribution in [0.15, 0.2) is 47.4 Å². The predicted octanol–water partition coefficient (Wildman–Crippen LogP) is 4.81. The monoisotopic (exact) mass is 385 g/mol. The molecule has 1 amide bonds. The van der Waals surface area contributed by atoms with Crippen molar-refractivity contribution in [3.63, 3.8) is 0 Å². The average Bonchev–Trinajstić information content (AvgIpc) is 2.91. The van der Waals surface area contributed by atoms with E-state index < -0.39 is 0 Å². The van der Waals surface area contributed by atoms with E-state index in [1.807, 2.05) is 62.4 Å². The molecule has 0 unspecified atom stereocenters. The number of methoxy groups -OCH3 is 1. The topological polar surface area (TPSA) is 38.8 Å². The number of rotatable bonds is 5. The van der Waals surface area contributed by atoms with Gasteiger partial charge in [0.1, 0.15) is 0 Å². The van der Waals surface area contributed by atoms with Crippen LogP contribution in [0.4, 0.5) is 5.69 Å². The van der Waals surface area contributed by atoms with E-state index >= 15 is 0 Å². The van der Waals surface area contributed by atoms with Gasteiger partial charge in [0.25, 0.3) is 5.91 Å². The second-order valence-electron chi connectivity index (χ2n) is 5.62. The first-order valence-corrected chi connectivity index (χ1v) is 9.42. The minimum absolute atomic E-state index is 0.125. The molecule has 0 saturated carbocycles. The number of ether oxygens (including phenoxy) is 2. The molecule has 26 heavy (non-hydrogen) atoms. The summed E-state index contributed by atoms with van der Waals surface area (Å²) in [5.41, 5.74) is 2.60. The first-order valence-electron chi connectivity index (χ1n) is 8.20. The Bertz CT molecular complexity index is 892. The van der Waals surface area contributed by atoms with Gasteiger partial charge in [-0.25, -0.2) is 0 Å². The zero-order valence-electron chi connectivity index (χ0n) is 14.8. The smallest absolute Gasteiger partial charge is 0.270 e. The third kappa shape index (κ3) is 3.48. The van der Waals surface area contributed by atoms with E-state index in [2.05, 4.69) is 0 Å². The number of thioether (sulfide) groups is 1. The van der Waals surface area contributed by atoms with Crippen molar-refractivity contribution in [2.45, 2.75) is 13.8 Å². The summed E-state index contributed by atoms with van der Waals surface area (Å²) >= 11 is 6.75. The number of hydrogen-bond acceptors (Lipinski definition) is 5. The summed E-state index contributed by atoms with van der Waals surface area (Å²) in [7, 11) is 1.60. The van der Waals surface area contributed by atoms with E-state index in [0.29, 0.717) is 27.3 Å². The molecule has 1 aliphatic rings. The number of anilines is 1. The lowest BCUT2D eigenvalue weighted by molar-refractivity contribution is -0.113. The molecule has 1 heterocycles. The van der Waals surface area contributed by atoms with Crippen molar-refractivity contribution in [1.29, 1.82) is 0 Å². The van der Waals surface area contributed by atoms with Crippen molar-refractivity contribution in [1.82, 2.24) is 0 Å². The number of para-hydroxylation sites is 2. The molecule has 0 spiro atoms. The zero-order chi connectivity index (χ0) is 18.7. The summed E-state index contributed by atoms with van der Waals surface area (Å²) in [5.74, 6) is 1.13. The van der Waals surface area contributed by atoms with Gasteiger partial charge in [-0.2, -0.15) is 0 Å². The van der Waals surface area contributed by atoms with E-state index in [4.69, 9.17) is 21.7 Å². The number of aryl methyl sites for hydroxylation is 1. The molecule has 0 aliphatic carbocycles. The number of nitrogens with zero attached hydrogens (tertiary/aromatic N) is 1. The zero-order valence-corrected chi connectivity index (χ0v) is 16.4. The SMILES string of the molecule is CCOc1c(/C=C2/SC(=S)N(c3ccccc3C)C2=O)cccc1OC. The molecule has 1 saturated heterocycles. The highest BCUT2D eigenvalue weighted by Crippen LogP contribution is 2.39. The summed E-state index contributed by atoms with van der Waals surface area (Å²) < 4.78 is 11.6. The van der Waals surface area contributed by atoms with Gasteiger partial charge in [-0.05, 0) is 37.6 Å². The average molecular weight is 386 g/mol. The van der Waals surface area contributed by atoms with E-state index in [0.717, 1.165) is 16.8 Å². The molecule has 0 aromatic heterocycles. The Balaban J connectivity index is 2.00. The summed E-state index contributed by atoms with van der Waals surface area (Å²) in [6.07, 6.45) is 1.81. The largest absolute Gasteiger partial charge is 0.493 e. The fourth-order valence-electron chi connectivity index (χ4n) is 2.74. The minimum Gasteiger partial charge on any atom is -0.493 e. The van der Waals surface area contributed by atoms with Gasteiger partial charge in [-0.1, -0.05) is 54.3 Å². The maximum atomic E-state index is 13.0. The normalized spacial score (nSPS) is 15.7. The standard InChI is InChI=1S/C20H19NO3S2/c1-4-24-18-14(9-7-11-16(18)23-3)12-17-19(22)21(20(25)26-17)15-10-6-5-8-13(15)2/h5-12H,4H2,1-3H3/b17-12+. The van der Waals surface area contributed by atoms with Crippen LogP contribution in [0, 0.1) is 6.92 Å². The summed E-state index contributed by atoms with van der Waals surface area (Å²) in [6.45, 7) is 4.38. The number of thiocarbonyl (C=S) groups is 1. The van der Waals surface area contributed by atoms with Crippen LogP contribution in [0.5, 0.6) is 11.5 Å². The molecule has 134 valence electrons. The number of amides is 1. The molecule has 2 aromatic rings. The lowest BCUT2D eigenvalue weighted by Crippen LogP contribution is -2.28. The number of carbonyl (C=O) groups excluding carboxylic acids is 1. The fraction of sp³-hybridized carbons (Fsp3) is 0.200. The quantitative estimate of drug-likeness (QED) is 0.546. The van der Waals surface area contributed by atoms with Crippen LogP contribution in [0.3, 0.4) is 0 Å². The number of hydrogen-bond donors (Lipinski definition) is 0. The molecule has 0 atom stereocenters. The van der Waals surface area contributed by atoms with Crippen LogP contribution in [-0.4, -0.2) is 23.9 Å². The first-order chi connectivity index (χ1) is 12.6. The highest BCUT2D eigenvalue weighted by Gasteiger charge is 2.34. The number of carbonyl (C=O) groups is 1. The van der Waals surface area contributed by atoms with Crippen LogP contribution in [0.2, 0.25) is 0 Å². The molecule has 0 radical (unpaired) electrons. The van der Waals surface area contributed by atoms with E-state index in [1.165, 1.54) is 11.8 Å². The van der Waals surface area contributed by atoms with E-state index in [9.17, 15) is 4.79 Å². The van der Waals surface area contributed by atoms with Gasteiger partial charge in [-0.3, -0.25) is 9.69 Å². The number of benzene rings is 2. The van der Waals surface area contributed by atoms with Gasteiger partial charge in [-0.15, -0.1) is 0 Å². The third-order valence-corrected chi connectivity index (χ3v) is 5.26. The first kappa shape index (κ1) is 18.5. The summed E-state index contributed by atoms with van der Waals surface area (Å²) in [4.78, 5) is 15.1. The molecule has 6 heteroatoms. The molecule has 2 aromatic carbocycles. The lowest BCUT2D eigenvalue weighted by Gasteiger charge is -2.16. The molecule has 0 bridgehead atoms. The molecular formula is C20H19NO3S2. The van der Waals surface area contributed by atoms with Crippen molar-refractivity contribution in [3.05, 3.63) is 58.5 Å². The van der Waals surface area contributed by atoms with Gasteiger partial charge >= 0.3 is 0 Å². The van der Waals surface area contributed by atoms with Crippen molar-refractivity contribution in [3.8, 4) is 11.5 Å². The van der Waals surface area contributed by atoms with Crippen molar-refractivity contribution in [2.24, 2.45) is 0 Å². The summed E-state index contributed by atoms with van der Waals surface area (Å²) in [5, 5.41) is 0. The molecule has 1 aliphatic heterocycles.